The SMILES string of the molecule is CCOC(=O)c1c(NC(=O)c2cccc(F)c2)sc(C(=O)Nc2cc(C(F)(F)F)ccc2Cl)c1C. The summed E-state index contributed by atoms with van der Waals surface area (Å²) in [5.41, 5.74) is -1.32. The fraction of sp³-hybridized carbons (Fsp3) is 0.174. The van der Waals surface area contributed by atoms with Crippen molar-refractivity contribution < 1.29 is 36.7 Å². The zero-order valence-electron chi connectivity index (χ0n) is 18.2. The number of alkyl halides is 3. The molecule has 0 spiro atoms. The highest BCUT2D eigenvalue weighted by Gasteiger charge is 2.32. The molecule has 0 aliphatic heterocycles. The molecule has 1 heterocycles. The minimum absolute atomic E-state index is 0.00672. The van der Waals surface area contributed by atoms with Crippen molar-refractivity contribution in [2.75, 3.05) is 17.2 Å². The van der Waals surface area contributed by atoms with Gasteiger partial charge in [-0.25, -0.2) is 9.18 Å². The molecule has 0 saturated heterocycles. The molecule has 2 aromatic carbocycles. The lowest BCUT2D eigenvalue weighted by Gasteiger charge is -2.11. The summed E-state index contributed by atoms with van der Waals surface area (Å²) in [5, 5.41) is 4.60. The summed E-state index contributed by atoms with van der Waals surface area (Å²) < 4.78 is 57.7. The van der Waals surface area contributed by atoms with Crippen molar-refractivity contribution in [1.82, 2.24) is 0 Å². The van der Waals surface area contributed by atoms with Crippen LogP contribution in [0, 0.1) is 12.7 Å². The van der Waals surface area contributed by atoms with Gasteiger partial charge >= 0.3 is 12.1 Å². The van der Waals surface area contributed by atoms with Crippen molar-refractivity contribution in [2.24, 2.45) is 0 Å². The maximum atomic E-state index is 13.5. The lowest BCUT2D eigenvalue weighted by molar-refractivity contribution is -0.137. The van der Waals surface area contributed by atoms with Gasteiger partial charge in [-0.1, -0.05) is 17.7 Å². The van der Waals surface area contributed by atoms with E-state index in [9.17, 15) is 31.9 Å². The Labute approximate surface area is 205 Å². The molecule has 0 fully saturated rings. The topological polar surface area (TPSA) is 84.5 Å². The van der Waals surface area contributed by atoms with Crippen LogP contribution in [0.4, 0.5) is 28.3 Å². The molecule has 2 N–H and O–H groups in total. The molecule has 12 heteroatoms. The first-order valence-corrected chi connectivity index (χ1v) is 11.2. The molecule has 0 aliphatic rings. The second kappa shape index (κ2) is 10.4. The van der Waals surface area contributed by atoms with Crippen LogP contribution in [-0.4, -0.2) is 24.4 Å². The highest BCUT2D eigenvalue weighted by Crippen LogP contribution is 2.37. The number of ether oxygens (including phenoxy) is 1. The number of hydrogen-bond donors (Lipinski definition) is 2. The van der Waals surface area contributed by atoms with Crippen molar-refractivity contribution in [3.8, 4) is 0 Å². The first kappa shape index (κ1) is 26.2. The molecular formula is C23H17ClF4N2O4S. The van der Waals surface area contributed by atoms with Gasteiger partial charge in [0.05, 0.1) is 33.3 Å². The molecule has 1 aromatic heterocycles. The van der Waals surface area contributed by atoms with Crippen LogP contribution in [0.15, 0.2) is 42.5 Å². The lowest BCUT2D eigenvalue weighted by Crippen LogP contribution is -2.15. The van der Waals surface area contributed by atoms with Gasteiger partial charge in [0, 0.05) is 5.56 Å². The van der Waals surface area contributed by atoms with E-state index in [0.717, 1.165) is 24.3 Å². The molecular weight excluding hydrogens is 512 g/mol. The summed E-state index contributed by atoms with van der Waals surface area (Å²) in [7, 11) is 0. The predicted octanol–water partition coefficient (Wildman–Crippen LogP) is 6.55. The van der Waals surface area contributed by atoms with Crippen molar-refractivity contribution in [3.63, 3.8) is 0 Å². The normalized spacial score (nSPS) is 11.2. The van der Waals surface area contributed by atoms with E-state index in [1.807, 2.05) is 0 Å². The number of anilines is 2. The Kier molecular flexibility index (Phi) is 7.81. The molecule has 3 rings (SSSR count). The number of benzene rings is 2. The van der Waals surface area contributed by atoms with Crippen LogP contribution in [-0.2, 0) is 10.9 Å². The van der Waals surface area contributed by atoms with Gasteiger partial charge in [-0.2, -0.15) is 13.2 Å². The molecule has 0 saturated carbocycles. The van der Waals surface area contributed by atoms with E-state index in [0.29, 0.717) is 17.4 Å². The molecule has 184 valence electrons. The van der Waals surface area contributed by atoms with E-state index >= 15 is 0 Å². The number of rotatable bonds is 6. The number of carbonyl (C=O) groups is 3. The van der Waals surface area contributed by atoms with Crippen molar-refractivity contribution in [1.29, 1.82) is 0 Å². The average Bonchev–Trinajstić information content (AvgIpc) is 3.10. The summed E-state index contributed by atoms with van der Waals surface area (Å²) in [6.45, 7) is 2.99. The Bertz CT molecular complexity index is 1310. The van der Waals surface area contributed by atoms with E-state index in [1.54, 1.807) is 6.92 Å². The Morgan fingerprint density at radius 1 is 1.06 bits per heavy atom. The quantitative estimate of drug-likeness (QED) is 0.281. The highest BCUT2D eigenvalue weighted by atomic mass is 35.5. The van der Waals surface area contributed by atoms with E-state index in [2.05, 4.69) is 10.6 Å². The molecule has 6 nitrogen and oxygen atoms in total. The number of carbonyl (C=O) groups excluding carboxylic acids is 3. The van der Waals surface area contributed by atoms with Crippen LogP contribution in [0.25, 0.3) is 0 Å². The van der Waals surface area contributed by atoms with Gasteiger partial charge in [0.15, 0.2) is 0 Å². The minimum atomic E-state index is -4.66. The van der Waals surface area contributed by atoms with Crippen LogP contribution >= 0.6 is 22.9 Å². The van der Waals surface area contributed by atoms with Crippen LogP contribution in [0.1, 0.15) is 48.4 Å². The van der Waals surface area contributed by atoms with Gasteiger partial charge in [-0.15, -0.1) is 11.3 Å². The maximum absolute atomic E-state index is 13.5. The van der Waals surface area contributed by atoms with Gasteiger partial charge in [-0.3, -0.25) is 9.59 Å². The number of nitrogens with one attached hydrogen (secondary N) is 2. The number of hydrogen-bond acceptors (Lipinski definition) is 5. The van der Waals surface area contributed by atoms with E-state index in [1.165, 1.54) is 19.1 Å². The minimum Gasteiger partial charge on any atom is -0.462 e. The molecule has 3 aromatic rings. The summed E-state index contributed by atoms with van der Waals surface area (Å²) in [6, 6.07) is 7.27. The summed E-state index contributed by atoms with van der Waals surface area (Å²) in [5.74, 6) is -3.08. The van der Waals surface area contributed by atoms with Gasteiger partial charge < -0.3 is 15.4 Å². The zero-order valence-corrected chi connectivity index (χ0v) is 19.8. The number of amides is 2. The third kappa shape index (κ3) is 5.98. The predicted molar refractivity (Wildman–Crippen MR) is 124 cm³/mol. The van der Waals surface area contributed by atoms with Crippen LogP contribution in [0.3, 0.4) is 0 Å². The average molecular weight is 529 g/mol. The Hall–Kier alpha value is -3.44. The molecule has 0 atom stereocenters. The molecule has 0 bridgehead atoms. The molecule has 0 radical (unpaired) electrons. The Morgan fingerprint density at radius 2 is 1.77 bits per heavy atom. The van der Waals surface area contributed by atoms with Crippen LogP contribution < -0.4 is 10.6 Å². The summed E-state index contributed by atoms with van der Waals surface area (Å²) in [6.07, 6.45) is -4.66. The van der Waals surface area contributed by atoms with Crippen molar-refractivity contribution >= 4 is 51.4 Å². The number of thiophene rings is 1. The van der Waals surface area contributed by atoms with Gasteiger partial charge in [0.2, 0.25) is 0 Å². The monoisotopic (exact) mass is 528 g/mol. The Morgan fingerprint density at radius 3 is 2.40 bits per heavy atom. The van der Waals surface area contributed by atoms with Crippen molar-refractivity contribution in [2.45, 2.75) is 20.0 Å². The zero-order chi connectivity index (χ0) is 25.9. The van der Waals surface area contributed by atoms with E-state index < -0.39 is 35.3 Å². The molecule has 0 aliphatic carbocycles. The lowest BCUT2D eigenvalue weighted by atomic mass is 10.1. The number of halogens is 5. The van der Waals surface area contributed by atoms with Crippen molar-refractivity contribution in [3.05, 3.63) is 80.4 Å². The largest absolute Gasteiger partial charge is 0.462 e. The fourth-order valence-corrected chi connectivity index (χ4v) is 4.30. The van der Waals surface area contributed by atoms with Gasteiger partial charge in [-0.05, 0) is 55.8 Å². The first-order chi connectivity index (χ1) is 16.4. The molecule has 35 heavy (non-hydrogen) atoms. The molecule has 0 unspecified atom stereocenters. The van der Waals surface area contributed by atoms with E-state index in [4.69, 9.17) is 16.3 Å². The van der Waals surface area contributed by atoms with Crippen LogP contribution in [0.2, 0.25) is 5.02 Å². The number of esters is 1. The standard InChI is InChI=1S/C23H17ClF4N2O4S/c1-3-34-22(33)17-11(2)18(35-21(17)30-19(31)12-5-4-6-14(25)9-12)20(32)29-16-10-13(23(26,27)28)7-8-15(16)24/h4-10H,3H2,1-2H3,(H,29,32)(H,30,31). The third-order valence-electron chi connectivity index (χ3n) is 4.69. The van der Waals surface area contributed by atoms with Gasteiger partial charge in [0.25, 0.3) is 11.8 Å². The Balaban J connectivity index is 1.98. The smallest absolute Gasteiger partial charge is 0.416 e. The second-order valence-corrected chi connectivity index (χ2v) is 8.52. The summed E-state index contributed by atoms with van der Waals surface area (Å²) in [4.78, 5) is 38.0. The highest BCUT2D eigenvalue weighted by molar-refractivity contribution is 7.19. The van der Waals surface area contributed by atoms with Crippen LogP contribution in [0.5, 0.6) is 0 Å². The third-order valence-corrected chi connectivity index (χ3v) is 6.22. The fourth-order valence-electron chi connectivity index (χ4n) is 3.05. The van der Waals surface area contributed by atoms with E-state index in [-0.39, 0.29) is 43.9 Å². The second-order valence-electron chi connectivity index (χ2n) is 7.09. The molecule has 2 amide bonds. The van der Waals surface area contributed by atoms with Gasteiger partial charge in [0.1, 0.15) is 10.8 Å². The first-order valence-electron chi connectivity index (χ1n) is 9.97. The summed E-state index contributed by atoms with van der Waals surface area (Å²) >= 11 is 6.66. The maximum Gasteiger partial charge on any atom is 0.416 e.